The lowest BCUT2D eigenvalue weighted by molar-refractivity contribution is -0.192. The average molecular weight is 374 g/mol. The molecule has 0 saturated carbocycles. The van der Waals surface area contributed by atoms with Crippen LogP contribution in [0.2, 0.25) is 0 Å². The summed E-state index contributed by atoms with van der Waals surface area (Å²) in [5.41, 5.74) is 2.56. The van der Waals surface area contributed by atoms with E-state index in [0.717, 1.165) is 0 Å². The maximum absolute atomic E-state index is 11.2. The molecule has 1 aliphatic heterocycles. The minimum atomic E-state index is -5.08. The summed E-state index contributed by atoms with van der Waals surface area (Å²) in [4.78, 5) is 24.4. The molecule has 0 bridgehead atoms. The van der Waals surface area contributed by atoms with Crippen LogP contribution in [0, 0.1) is 0 Å². The zero-order valence-electron chi connectivity index (χ0n) is 15.2. The van der Waals surface area contributed by atoms with Gasteiger partial charge in [-0.1, -0.05) is 24.3 Å². The van der Waals surface area contributed by atoms with Crippen molar-refractivity contribution in [2.24, 2.45) is 0 Å². The van der Waals surface area contributed by atoms with Gasteiger partial charge in [-0.15, -0.1) is 0 Å². The van der Waals surface area contributed by atoms with Crippen molar-refractivity contribution in [1.82, 2.24) is 9.80 Å². The Morgan fingerprint density at radius 2 is 1.65 bits per heavy atom. The van der Waals surface area contributed by atoms with Crippen molar-refractivity contribution in [1.29, 1.82) is 0 Å². The molecule has 1 unspecified atom stereocenters. The normalized spacial score (nSPS) is 15.8. The standard InChI is InChI=1S/C16H24N2O.C2HF3O2/c1-13(18-10-4-5-11-18)16-8-6-15(7-9-16)12-17(3)14(2)19;3-2(4,5)1(6)7/h6-9,13H,4-5,10-12H2,1-3H3;(H,6,7). The fourth-order valence-electron chi connectivity index (χ4n) is 2.63. The molecule has 1 aliphatic rings. The number of hydrogen-bond acceptors (Lipinski definition) is 3. The van der Waals surface area contributed by atoms with Gasteiger partial charge in [0.25, 0.3) is 0 Å². The number of amides is 1. The van der Waals surface area contributed by atoms with Crippen molar-refractivity contribution >= 4 is 11.9 Å². The van der Waals surface area contributed by atoms with Crippen LogP contribution in [0.4, 0.5) is 13.2 Å². The van der Waals surface area contributed by atoms with Crippen LogP contribution in [0.1, 0.15) is 43.9 Å². The van der Waals surface area contributed by atoms with Crippen molar-refractivity contribution in [2.75, 3.05) is 20.1 Å². The molecule has 8 heteroatoms. The second-order valence-electron chi connectivity index (χ2n) is 6.34. The predicted octanol–water partition coefficient (Wildman–Crippen LogP) is 3.46. The zero-order valence-corrected chi connectivity index (χ0v) is 15.2. The summed E-state index contributed by atoms with van der Waals surface area (Å²) < 4.78 is 31.7. The second kappa shape index (κ2) is 9.56. The van der Waals surface area contributed by atoms with Gasteiger partial charge in [0.15, 0.2) is 0 Å². The number of carbonyl (C=O) groups excluding carboxylic acids is 1. The molecule has 1 saturated heterocycles. The Morgan fingerprint density at radius 3 is 2.04 bits per heavy atom. The molecular formula is C18H25F3N2O3. The first-order chi connectivity index (χ1) is 12.0. The highest BCUT2D eigenvalue weighted by molar-refractivity contribution is 5.73. The molecule has 1 N–H and O–H groups in total. The summed E-state index contributed by atoms with van der Waals surface area (Å²) in [5, 5.41) is 7.12. The number of carboxylic acids is 1. The van der Waals surface area contributed by atoms with Crippen LogP contribution in [-0.4, -0.2) is 53.1 Å². The molecule has 146 valence electrons. The van der Waals surface area contributed by atoms with Crippen molar-refractivity contribution in [2.45, 2.75) is 45.5 Å². The summed E-state index contributed by atoms with van der Waals surface area (Å²) in [6, 6.07) is 9.18. The number of aliphatic carboxylic acids is 1. The lowest BCUT2D eigenvalue weighted by atomic mass is 10.0. The fourth-order valence-corrected chi connectivity index (χ4v) is 2.63. The number of alkyl halides is 3. The van der Waals surface area contributed by atoms with Gasteiger partial charge >= 0.3 is 12.1 Å². The molecular weight excluding hydrogens is 349 g/mol. The van der Waals surface area contributed by atoms with E-state index >= 15 is 0 Å². The molecule has 0 radical (unpaired) electrons. The zero-order chi connectivity index (χ0) is 19.9. The third kappa shape index (κ3) is 7.03. The largest absolute Gasteiger partial charge is 0.490 e. The summed E-state index contributed by atoms with van der Waals surface area (Å²) in [6.07, 6.45) is -2.43. The Hall–Kier alpha value is -2.09. The first-order valence-electron chi connectivity index (χ1n) is 8.37. The van der Waals surface area contributed by atoms with E-state index in [-0.39, 0.29) is 5.91 Å². The average Bonchev–Trinajstić information content (AvgIpc) is 3.09. The van der Waals surface area contributed by atoms with E-state index in [1.165, 1.54) is 37.1 Å². The molecule has 1 heterocycles. The van der Waals surface area contributed by atoms with E-state index in [0.29, 0.717) is 12.6 Å². The highest BCUT2D eigenvalue weighted by Gasteiger charge is 2.38. The van der Waals surface area contributed by atoms with Crippen LogP contribution >= 0.6 is 0 Å². The first kappa shape index (κ1) is 22.0. The summed E-state index contributed by atoms with van der Waals surface area (Å²) in [7, 11) is 1.84. The number of nitrogens with zero attached hydrogens (tertiary/aromatic N) is 2. The quantitative estimate of drug-likeness (QED) is 0.877. The van der Waals surface area contributed by atoms with Gasteiger partial charge < -0.3 is 10.0 Å². The molecule has 1 aromatic rings. The van der Waals surface area contributed by atoms with E-state index in [2.05, 4.69) is 36.1 Å². The summed E-state index contributed by atoms with van der Waals surface area (Å²) in [6.45, 7) is 7.01. The monoisotopic (exact) mass is 374 g/mol. The molecule has 2 rings (SSSR count). The van der Waals surface area contributed by atoms with Gasteiger partial charge in [0.1, 0.15) is 0 Å². The van der Waals surface area contributed by atoms with E-state index < -0.39 is 12.1 Å². The summed E-state index contributed by atoms with van der Waals surface area (Å²) in [5.74, 6) is -2.65. The number of halogens is 3. The molecule has 0 aromatic heterocycles. The number of carboxylic acid groups (broad SMARTS) is 1. The molecule has 1 aromatic carbocycles. The highest BCUT2D eigenvalue weighted by Crippen LogP contribution is 2.24. The smallest absolute Gasteiger partial charge is 0.475 e. The van der Waals surface area contributed by atoms with Crippen LogP contribution in [-0.2, 0) is 16.1 Å². The number of benzene rings is 1. The van der Waals surface area contributed by atoms with Gasteiger partial charge in [-0.3, -0.25) is 9.69 Å². The molecule has 0 aliphatic carbocycles. The molecule has 1 fully saturated rings. The topological polar surface area (TPSA) is 60.9 Å². The minimum Gasteiger partial charge on any atom is -0.475 e. The third-order valence-corrected chi connectivity index (χ3v) is 4.35. The number of hydrogen-bond donors (Lipinski definition) is 1. The second-order valence-corrected chi connectivity index (χ2v) is 6.34. The molecule has 0 spiro atoms. The first-order valence-corrected chi connectivity index (χ1v) is 8.37. The van der Waals surface area contributed by atoms with Crippen molar-refractivity contribution in [3.05, 3.63) is 35.4 Å². The van der Waals surface area contributed by atoms with E-state index in [4.69, 9.17) is 9.90 Å². The van der Waals surface area contributed by atoms with Crippen LogP contribution < -0.4 is 0 Å². The van der Waals surface area contributed by atoms with Gasteiger partial charge in [0, 0.05) is 26.6 Å². The highest BCUT2D eigenvalue weighted by atomic mass is 19.4. The Balaban J connectivity index is 0.000000412. The number of carbonyl (C=O) groups is 2. The Morgan fingerprint density at radius 1 is 1.19 bits per heavy atom. The lowest BCUT2D eigenvalue weighted by Crippen LogP contribution is -2.24. The lowest BCUT2D eigenvalue weighted by Gasteiger charge is -2.24. The van der Waals surface area contributed by atoms with Crippen LogP contribution in [0.5, 0.6) is 0 Å². The van der Waals surface area contributed by atoms with Crippen LogP contribution in [0.15, 0.2) is 24.3 Å². The Bertz CT molecular complexity index is 597. The number of rotatable bonds is 4. The molecule has 5 nitrogen and oxygen atoms in total. The van der Waals surface area contributed by atoms with Crippen LogP contribution in [0.3, 0.4) is 0 Å². The fraction of sp³-hybridized carbons (Fsp3) is 0.556. The Labute approximate surface area is 151 Å². The van der Waals surface area contributed by atoms with E-state index in [1.807, 2.05) is 7.05 Å². The van der Waals surface area contributed by atoms with E-state index in [1.54, 1.807) is 11.8 Å². The van der Waals surface area contributed by atoms with Gasteiger partial charge in [-0.05, 0) is 44.0 Å². The van der Waals surface area contributed by atoms with Crippen LogP contribution in [0.25, 0.3) is 0 Å². The SMILES string of the molecule is CC(=O)N(C)Cc1ccc(C(C)N2CCCC2)cc1.O=C(O)C(F)(F)F. The third-order valence-electron chi connectivity index (χ3n) is 4.35. The van der Waals surface area contributed by atoms with Crippen molar-refractivity contribution in [3.8, 4) is 0 Å². The minimum absolute atomic E-state index is 0.106. The van der Waals surface area contributed by atoms with Crippen molar-refractivity contribution in [3.63, 3.8) is 0 Å². The maximum atomic E-state index is 11.2. The number of likely N-dealkylation sites (tertiary alicyclic amines) is 1. The molecule has 1 atom stereocenters. The van der Waals surface area contributed by atoms with Crippen molar-refractivity contribution < 1.29 is 27.9 Å². The molecule has 26 heavy (non-hydrogen) atoms. The predicted molar refractivity (Wildman–Crippen MR) is 91.5 cm³/mol. The van der Waals surface area contributed by atoms with Gasteiger partial charge in [-0.25, -0.2) is 4.79 Å². The molecule has 1 amide bonds. The van der Waals surface area contributed by atoms with Gasteiger partial charge in [0.2, 0.25) is 5.91 Å². The van der Waals surface area contributed by atoms with E-state index in [9.17, 15) is 18.0 Å². The summed E-state index contributed by atoms with van der Waals surface area (Å²) >= 11 is 0. The maximum Gasteiger partial charge on any atom is 0.490 e. The Kier molecular flexibility index (Phi) is 8.08. The van der Waals surface area contributed by atoms with Gasteiger partial charge in [-0.2, -0.15) is 13.2 Å². The van der Waals surface area contributed by atoms with Gasteiger partial charge in [0.05, 0.1) is 0 Å².